The minimum absolute atomic E-state index is 0.0670. The summed E-state index contributed by atoms with van der Waals surface area (Å²) in [5.41, 5.74) is 0.646. The van der Waals surface area contributed by atoms with Crippen molar-refractivity contribution in [1.29, 1.82) is 5.26 Å². The molecule has 0 N–H and O–H groups in total. The van der Waals surface area contributed by atoms with Crippen molar-refractivity contribution in [2.45, 2.75) is 13.8 Å². The molecule has 1 heterocycles. The summed E-state index contributed by atoms with van der Waals surface area (Å²) >= 11 is 0. The third-order valence-corrected chi connectivity index (χ3v) is 1.98. The summed E-state index contributed by atoms with van der Waals surface area (Å²) in [6.45, 7) is 10.7. The van der Waals surface area contributed by atoms with E-state index in [1.807, 2.05) is 32.1 Å². The molecule has 0 fully saturated rings. The van der Waals surface area contributed by atoms with Crippen LogP contribution in [0, 0.1) is 17.9 Å². The number of hydrogen-bond donors (Lipinski definition) is 0. The molecule has 0 bridgehead atoms. The van der Waals surface area contributed by atoms with Crippen LogP contribution in [-0.4, -0.2) is 0 Å². The van der Waals surface area contributed by atoms with Crippen LogP contribution in [0.2, 0.25) is 0 Å². The second-order valence-electron chi connectivity index (χ2n) is 3.22. The Kier molecular flexibility index (Phi) is 4.54. The highest BCUT2D eigenvalue weighted by Crippen LogP contribution is 2.23. The lowest BCUT2D eigenvalue weighted by Crippen LogP contribution is -1.97. The Labute approximate surface area is 101 Å². The van der Waals surface area contributed by atoms with Crippen LogP contribution >= 0.6 is 0 Å². The number of nitriles is 1. The lowest BCUT2D eigenvalue weighted by atomic mass is 10.1. The number of ether oxygens (including phenoxy) is 1. The van der Waals surface area contributed by atoms with Gasteiger partial charge in [0.05, 0.1) is 12.6 Å². The first-order valence-corrected chi connectivity index (χ1v) is 5.13. The molecule has 0 amide bonds. The predicted molar refractivity (Wildman–Crippen MR) is 66.1 cm³/mol. The van der Waals surface area contributed by atoms with Gasteiger partial charge in [-0.25, -0.2) is 10.1 Å². The number of allylic oxidation sites excluding steroid dienone is 8. The Balaban J connectivity index is 3.28. The molecule has 1 rings (SSSR count). The number of hydrogen-bond acceptors (Lipinski definition) is 2. The molecule has 3 heteroatoms. The fraction of sp³-hybridized carbons (Fsp3) is 0.143. The highest BCUT2D eigenvalue weighted by Gasteiger charge is 2.11. The van der Waals surface area contributed by atoms with Gasteiger partial charge in [0.25, 0.3) is 5.70 Å². The molecule has 1 aliphatic heterocycles. The summed E-state index contributed by atoms with van der Waals surface area (Å²) in [6.07, 6.45) is 10.6. The van der Waals surface area contributed by atoms with E-state index in [2.05, 4.69) is 4.85 Å². The van der Waals surface area contributed by atoms with Crippen LogP contribution in [0.15, 0.2) is 59.2 Å². The first kappa shape index (κ1) is 12.5. The Morgan fingerprint density at radius 1 is 1.29 bits per heavy atom. The SMILES string of the molecule is [C-]#[N+]C(C#N)=C1C=C(/C=C/C)OC(/C=C/C)=C1. The van der Waals surface area contributed by atoms with Crippen LogP contribution in [0.5, 0.6) is 0 Å². The van der Waals surface area contributed by atoms with Gasteiger partial charge in [0.15, 0.2) is 0 Å². The van der Waals surface area contributed by atoms with Gasteiger partial charge in [-0.15, -0.1) is 0 Å². The van der Waals surface area contributed by atoms with Gasteiger partial charge in [-0.3, -0.25) is 0 Å². The molecule has 3 nitrogen and oxygen atoms in total. The molecule has 0 unspecified atom stereocenters. The standard InChI is InChI=1S/C14H12N2O/c1-4-6-12-8-11(14(10-15)16-3)9-13(17-12)7-5-2/h4-9H,1-2H3/b6-4+,7-5+. The zero-order chi connectivity index (χ0) is 12.7. The predicted octanol–water partition coefficient (Wildman–Crippen LogP) is 3.63. The first-order valence-electron chi connectivity index (χ1n) is 5.13. The Morgan fingerprint density at radius 2 is 1.82 bits per heavy atom. The van der Waals surface area contributed by atoms with Crippen molar-refractivity contribution in [3.63, 3.8) is 0 Å². The average molecular weight is 224 g/mol. The first-order chi connectivity index (χ1) is 8.24. The maximum atomic E-state index is 8.85. The summed E-state index contributed by atoms with van der Waals surface area (Å²) < 4.78 is 5.54. The molecule has 0 atom stereocenters. The number of nitrogens with zero attached hydrogens (tertiary/aromatic N) is 2. The fourth-order valence-corrected chi connectivity index (χ4v) is 1.33. The minimum atomic E-state index is 0.0670. The van der Waals surface area contributed by atoms with Gasteiger partial charge in [0.1, 0.15) is 11.5 Å². The average Bonchev–Trinajstić information content (AvgIpc) is 2.31. The van der Waals surface area contributed by atoms with Gasteiger partial charge in [0, 0.05) is 0 Å². The zero-order valence-electron chi connectivity index (χ0n) is 9.77. The quantitative estimate of drug-likeness (QED) is 0.530. The summed E-state index contributed by atoms with van der Waals surface area (Å²) in [5.74, 6) is 1.24. The van der Waals surface area contributed by atoms with E-state index in [4.69, 9.17) is 16.6 Å². The van der Waals surface area contributed by atoms with Gasteiger partial charge in [-0.05, 0) is 43.7 Å². The largest absolute Gasteiger partial charge is 0.457 e. The van der Waals surface area contributed by atoms with E-state index >= 15 is 0 Å². The topological polar surface area (TPSA) is 37.4 Å². The van der Waals surface area contributed by atoms with Gasteiger partial charge < -0.3 is 4.74 Å². The van der Waals surface area contributed by atoms with Crippen molar-refractivity contribution < 1.29 is 4.74 Å². The molecule has 17 heavy (non-hydrogen) atoms. The highest BCUT2D eigenvalue weighted by molar-refractivity contribution is 5.51. The van der Waals surface area contributed by atoms with Crippen molar-refractivity contribution in [3.05, 3.63) is 70.7 Å². The molecule has 1 aliphatic rings. The maximum Gasteiger partial charge on any atom is 0.269 e. The van der Waals surface area contributed by atoms with E-state index in [9.17, 15) is 0 Å². The second kappa shape index (κ2) is 6.15. The van der Waals surface area contributed by atoms with Crippen molar-refractivity contribution in [2.24, 2.45) is 0 Å². The van der Waals surface area contributed by atoms with Crippen LogP contribution < -0.4 is 0 Å². The summed E-state index contributed by atoms with van der Waals surface area (Å²) in [5, 5.41) is 8.85. The molecular formula is C14H12N2O. The molecule has 0 spiro atoms. The normalized spacial score (nSPS) is 14.9. The van der Waals surface area contributed by atoms with Crippen LogP contribution in [0.3, 0.4) is 0 Å². The van der Waals surface area contributed by atoms with Crippen LogP contribution in [0.1, 0.15) is 13.8 Å². The zero-order valence-corrected chi connectivity index (χ0v) is 9.77. The summed E-state index contributed by atoms with van der Waals surface area (Å²) in [4.78, 5) is 3.19. The highest BCUT2D eigenvalue weighted by atomic mass is 16.5. The van der Waals surface area contributed by atoms with Crippen molar-refractivity contribution in [2.75, 3.05) is 0 Å². The molecule has 0 aromatic rings. The minimum Gasteiger partial charge on any atom is -0.457 e. The lowest BCUT2D eigenvalue weighted by molar-refractivity contribution is 0.331. The van der Waals surface area contributed by atoms with Crippen molar-refractivity contribution >= 4 is 0 Å². The molecule has 0 radical (unpaired) electrons. The summed E-state index contributed by atoms with van der Waals surface area (Å²) in [6, 6.07) is 1.88. The Hall–Kier alpha value is -2.52. The van der Waals surface area contributed by atoms with E-state index in [1.165, 1.54) is 0 Å². The third kappa shape index (κ3) is 3.22. The Bertz CT molecular complexity index is 486. The number of rotatable bonds is 2. The molecule has 0 saturated heterocycles. The Morgan fingerprint density at radius 3 is 2.18 bits per heavy atom. The molecule has 0 aromatic carbocycles. The molecule has 0 aromatic heterocycles. The third-order valence-electron chi connectivity index (χ3n) is 1.98. The van der Waals surface area contributed by atoms with E-state index in [0.717, 1.165) is 0 Å². The van der Waals surface area contributed by atoms with Crippen LogP contribution in [0.4, 0.5) is 0 Å². The maximum absolute atomic E-state index is 8.85. The molecule has 0 aliphatic carbocycles. The smallest absolute Gasteiger partial charge is 0.269 e. The van der Waals surface area contributed by atoms with Crippen LogP contribution in [0.25, 0.3) is 4.85 Å². The summed E-state index contributed by atoms with van der Waals surface area (Å²) in [7, 11) is 0. The van der Waals surface area contributed by atoms with E-state index in [-0.39, 0.29) is 5.70 Å². The molecule has 84 valence electrons. The van der Waals surface area contributed by atoms with Gasteiger partial charge in [0.2, 0.25) is 0 Å². The molecular weight excluding hydrogens is 212 g/mol. The van der Waals surface area contributed by atoms with Crippen molar-refractivity contribution in [3.8, 4) is 6.07 Å². The van der Waals surface area contributed by atoms with Gasteiger partial charge >= 0.3 is 0 Å². The lowest BCUT2D eigenvalue weighted by Gasteiger charge is -2.13. The van der Waals surface area contributed by atoms with E-state index < -0.39 is 0 Å². The van der Waals surface area contributed by atoms with E-state index in [0.29, 0.717) is 17.1 Å². The van der Waals surface area contributed by atoms with E-state index in [1.54, 1.807) is 24.3 Å². The van der Waals surface area contributed by atoms with Crippen molar-refractivity contribution in [1.82, 2.24) is 0 Å². The van der Waals surface area contributed by atoms with Gasteiger partial charge in [-0.2, -0.15) is 0 Å². The van der Waals surface area contributed by atoms with Crippen LogP contribution in [-0.2, 0) is 4.74 Å². The monoisotopic (exact) mass is 224 g/mol. The van der Waals surface area contributed by atoms with Gasteiger partial charge in [-0.1, -0.05) is 12.2 Å². The fourth-order valence-electron chi connectivity index (χ4n) is 1.33. The second-order valence-corrected chi connectivity index (χ2v) is 3.22. The molecule has 0 saturated carbocycles.